The van der Waals surface area contributed by atoms with Gasteiger partial charge in [0.05, 0.1) is 24.7 Å². The first-order valence-electron chi connectivity index (χ1n) is 8.24. The van der Waals surface area contributed by atoms with Crippen molar-refractivity contribution in [3.8, 4) is 5.69 Å². The van der Waals surface area contributed by atoms with Crippen LogP contribution in [0, 0.1) is 0 Å². The van der Waals surface area contributed by atoms with Crippen molar-refractivity contribution < 1.29 is 22.7 Å². The molecule has 0 unspecified atom stereocenters. The number of ether oxygens (including phenoxy) is 1. The third kappa shape index (κ3) is 5.36. The van der Waals surface area contributed by atoms with Crippen LogP contribution in [-0.4, -0.2) is 65.4 Å². The minimum Gasteiger partial charge on any atom is -0.378 e. The molecule has 1 aliphatic rings. The van der Waals surface area contributed by atoms with Crippen LogP contribution in [0.3, 0.4) is 0 Å². The molecule has 2 heterocycles. The van der Waals surface area contributed by atoms with Gasteiger partial charge in [-0.25, -0.2) is 0 Å². The molecule has 11 heteroatoms. The number of nitrogens with zero attached hydrogens (tertiary/aromatic N) is 4. The standard InChI is InChI=1S/C16H18F3N5O2S/c17-16(18,19)11-20-13(25)10-27-15-22-21-14(23-6-8-26-9-7-23)24(15)12-4-2-1-3-5-12/h1-5H,6-11H2,(H,20,25). The highest BCUT2D eigenvalue weighted by Gasteiger charge is 2.28. The molecular formula is C16H18F3N5O2S. The van der Waals surface area contributed by atoms with Crippen molar-refractivity contribution in [1.82, 2.24) is 20.1 Å². The van der Waals surface area contributed by atoms with Crippen molar-refractivity contribution in [1.29, 1.82) is 0 Å². The highest BCUT2D eigenvalue weighted by Crippen LogP contribution is 2.27. The molecule has 0 spiro atoms. The number of rotatable bonds is 6. The molecule has 2 aromatic rings. The van der Waals surface area contributed by atoms with Crippen molar-refractivity contribution >= 4 is 23.6 Å². The summed E-state index contributed by atoms with van der Waals surface area (Å²) in [7, 11) is 0. The third-order valence-electron chi connectivity index (χ3n) is 3.74. The second-order valence-electron chi connectivity index (χ2n) is 5.73. The van der Waals surface area contributed by atoms with Crippen LogP contribution in [0.2, 0.25) is 0 Å². The fourth-order valence-electron chi connectivity index (χ4n) is 2.51. The molecule has 1 aromatic heterocycles. The minimum absolute atomic E-state index is 0.190. The Hall–Kier alpha value is -2.27. The fourth-order valence-corrected chi connectivity index (χ4v) is 3.28. The van der Waals surface area contributed by atoms with E-state index >= 15 is 0 Å². The summed E-state index contributed by atoms with van der Waals surface area (Å²) in [6.07, 6.45) is -4.44. The predicted octanol–water partition coefficient (Wildman–Crippen LogP) is 1.87. The third-order valence-corrected chi connectivity index (χ3v) is 4.67. The SMILES string of the molecule is O=C(CSc1nnc(N2CCOCC2)n1-c1ccccc1)NCC(F)(F)F. The molecule has 0 radical (unpaired) electrons. The molecule has 1 saturated heterocycles. The number of anilines is 1. The Bertz CT molecular complexity index is 763. The zero-order valence-electron chi connectivity index (χ0n) is 14.3. The largest absolute Gasteiger partial charge is 0.405 e. The molecule has 1 aromatic carbocycles. The number of hydrogen-bond donors (Lipinski definition) is 1. The number of benzene rings is 1. The van der Waals surface area contributed by atoms with E-state index in [1.807, 2.05) is 40.5 Å². The summed E-state index contributed by atoms with van der Waals surface area (Å²) >= 11 is 1.04. The van der Waals surface area contributed by atoms with Gasteiger partial charge < -0.3 is 15.0 Å². The molecule has 0 aliphatic carbocycles. The normalized spacial score (nSPS) is 15.0. The van der Waals surface area contributed by atoms with E-state index in [9.17, 15) is 18.0 Å². The molecule has 0 bridgehead atoms. The van der Waals surface area contributed by atoms with Crippen molar-refractivity contribution in [3.63, 3.8) is 0 Å². The van der Waals surface area contributed by atoms with Crippen LogP contribution in [0.25, 0.3) is 5.69 Å². The summed E-state index contributed by atoms with van der Waals surface area (Å²) in [4.78, 5) is 13.7. The summed E-state index contributed by atoms with van der Waals surface area (Å²) in [5.41, 5.74) is 0.808. The Kier molecular flexibility index (Phi) is 6.22. The lowest BCUT2D eigenvalue weighted by molar-refractivity contribution is -0.136. The summed E-state index contributed by atoms with van der Waals surface area (Å²) in [6, 6.07) is 9.35. The molecule has 1 N–H and O–H groups in total. The molecule has 146 valence electrons. The number of amides is 1. The average Bonchev–Trinajstić information content (AvgIpc) is 3.09. The van der Waals surface area contributed by atoms with E-state index in [0.29, 0.717) is 37.4 Å². The quantitative estimate of drug-likeness (QED) is 0.746. The van der Waals surface area contributed by atoms with Gasteiger partial charge in [0.1, 0.15) is 6.54 Å². The topological polar surface area (TPSA) is 72.3 Å². The number of para-hydroxylation sites is 1. The number of thioether (sulfide) groups is 1. The maximum atomic E-state index is 12.2. The number of nitrogens with one attached hydrogen (secondary N) is 1. The van der Waals surface area contributed by atoms with E-state index in [-0.39, 0.29) is 5.75 Å². The molecule has 1 amide bonds. The van der Waals surface area contributed by atoms with E-state index < -0.39 is 18.6 Å². The summed E-state index contributed by atoms with van der Waals surface area (Å²) in [6.45, 7) is 1.11. The van der Waals surface area contributed by atoms with Gasteiger partial charge in [-0.2, -0.15) is 13.2 Å². The van der Waals surface area contributed by atoms with Crippen LogP contribution >= 0.6 is 11.8 Å². The van der Waals surface area contributed by atoms with E-state index in [4.69, 9.17) is 4.74 Å². The number of alkyl halides is 3. The van der Waals surface area contributed by atoms with Crippen molar-refractivity contribution in [2.45, 2.75) is 11.3 Å². The van der Waals surface area contributed by atoms with Crippen LogP contribution < -0.4 is 10.2 Å². The predicted molar refractivity (Wildman–Crippen MR) is 94.2 cm³/mol. The van der Waals surface area contributed by atoms with Gasteiger partial charge in [-0.1, -0.05) is 30.0 Å². The molecule has 7 nitrogen and oxygen atoms in total. The number of hydrogen-bond acceptors (Lipinski definition) is 6. The second kappa shape index (κ2) is 8.61. The monoisotopic (exact) mass is 401 g/mol. The average molecular weight is 401 g/mol. The molecule has 27 heavy (non-hydrogen) atoms. The zero-order valence-corrected chi connectivity index (χ0v) is 15.1. The van der Waals surface area contributed by atoms with Gasteiger partial charge in [-0.3, -0.25) is 9.36 Å². The summed E-state index contributed by atoms with van der Waals surface area (Å²) < 4.78 is 43.8. The highest BCUT2D eigenvalue weighted by atomic mass is 32.2. The van der Waals surface area contributed by atoms with Gasteiger partial charge in [0, 0.05) is 13.1 Å². The highest BCUT2D eigenvalue weighted by molar-refractivity contribution is 7.99. The second-order valence-corrected chi connectivity index (χ2v) is 6.68. The van der Waals surface area contributed by atoms with Crippen LogP contribution in [0.15, 0.2) is 35.5 Å². The maximum absolute atomic E-state index is 12.2. The number of halogens is 3. The first kappa shape index (κ1) is 19.5. The zero-order chi connectivity index (χ0) is 19.3. The number of morpholine rings is 1. The molecule has 1 fully saturated rings. The van der Waals surface area contributed by atoms with E-state index in [1.54, 1.807) is 4.57 Å². The Balaban J connectivity index is 1.76. The van der Waals surface area contributed by atoms with Gasteiger partial charge >= 0.3 is 6.18 Å². The Morgan fingerprint density at radius 3 is 2.56 bits per heavy atom. The Labute approximate surface area is 157 Å². The molecular weight excluding hydrogens is 383 g/mol. The van der Waals surface area contributed by atoms with Gasteiger partial charge in [-0.05, 0) is 12.1 Å². The van der Waals surface area contributed by atoms with E-state index in [0.717, 1.165) is 17.4 Å². The van der Waals surface area contributed by atoms with Gasteiger partial charge in [0.2, 0.25) is 11.9 Å². The lowest BCUT2D eigenvalue weighted by Gasteiger charge is -2.27. The lowest BCUT2D eigenvalue weighted by Crippen LogP contribution is -2.38. The van der Waals surface area contributed by atoms with E-state index in [2.05, 4.69) is 10.2 Å². The molecule has 0 atom stereocenters. The molecule has 0 saturated carbocycles. The maximum Gasteiger partial charge on any atom is 0.405 e. The van der Waals surface area contributed by atoms with Gasteiger partial charge in [-0.15, -0.1) is 10.2 Å². The minimum atomic E-state index is -4.44. The number of carbonyl (C=O) groups is 1. The molecule has 3 rings (SSSR count). The first-order valence-corrected chi connectivity index (χ1v) is 9.22. The molecule has 1 aliphatic heterocycles. The van der Waals surface area contributed by atoms with Crippen molar-refractivity contribution in [2.75, 3.05) is 43.5 Å². The van der Waals surface area contributed by atoms with Gasteiger partial charge in [0.15, 0.2) is 5.16 Å². The van der Waals surface area contributed by atoms with Crippen molar-refractivity contribution in [2.24, 2.45) is 0 Å². The number of carbonyl (C=O) groups excluding carboxylic acids is 1. The van der Waals surface area contributed by atoms with Gasteiger partial charge in [0.25, 0.3) is 0 Å². The summed E-state index contributed by atoms with van der Waals surface area (Å²) in [5, 5.41) is 10.7. The van der Waals surface area contributed by atoms with Crippen LogP contribution in [-0.2, 0) is 9.53 Å². The number of aromatic nitrogens is 3. The van der Waals surface area contributed by atoms with Crippen LogP contribution in [0.1, 0.15) is 0 Å². The summed E-state index contributed by atoms with van der Waals surface area (Å²) in [5.74, 6) is -0.292. The Morgan fingerprint density at radius 1 is 1.19 bits per heavy atom. The lowest BCUT2D eigenvalue weighted by atomic mass is 10.3. The van der Waals surface area contributed by atoms with Crippen molar-refractivity contribution in [3.05, 3.63) is 30.3 Å². The fraction of sp³-hybridized carbons (Fsp3) is 0.438. The van der Waals surface area contributed by atoms with Crippen LogP contribution in [0.5, 0.6) is 0 Å². The first-order chi connectivity index (χ1) is 12.9. The van der Waals surface area contributed by atoms with Crippen LogP contribution in [0.4, 0.5) is 19.1 Å². The Morgan fingerprint density at radius 2 is 1.89 bits per heavy atom. The van der Waals surface area contributed by atoms with E-state index in [1.165, 1.54) is 0 Å². The smallest absolute Gasteiger partial charge is 0.378 e.